The fraction of sp³-hybridized carbons (Fsp3) is 0.357. The van der Waals surface area contributed by atoms with Gasteiger partial charge in [-0.25, -0.2) is 4.98 Å². The smallest absolute Gasteiger partial charge is 0.256 e. The van der Waals surface area contributed by atoms with E-state index in [9.17, 15) is 0 Å². The van der Waals surface area contributed by atoms with Crippen molar-refractivity contribution in [1.82, 2.24) is 4.98 Å². The summed E-state index contributed by atoms with van der Waals surface area (Å²) < 4.78 is 5.38. The molecule has 0 spiro atoms. The van der Waals surface area contributed by atoms with Crippen molar-refractivity contribution in [3.05, 3.63) is 47.9 Å². The highest BCUT2D eigenvalue weighted by Gasteiger charge is 2.21. The second-order valence-electron chi connectivity index (χ2n) is 4.26. The third-order valence-electron chi connectivity index (χ3n) is 2.84. The van der Waals surface area contributed by atoms with E-state index in [1.165, 1.54) is 0 Å². The first-order valence-corrected chi connectivity index (χ1v) is 6.98. The summed E-state index contributed by atoms with van der Waals surface area (Å²) in [5.74, 6) is 0. The molecule has 18 heavy (non-hydrogen) atoms. The summed E-state index contributed by atoms with van der Waals surface area (Å²) in [6, 6.07) is 10.2. The Morgan fingerprint density at radius 1 is 1.33 bits per heavy atom. The molecule has 0 bridgehead atoms. The summed E-state index contributed by atoms with van der Waals surface area (Å²) in [5, 5.41) is 0.969. The van der Waals surface area contributed by atoms with Crippen molar-refractivity contribution in [3.63, 3.8) is 0 Å². The predicted molar refractivity (Wildman–Crippen MR) is 74.5 cm³/mol. The quantitative estimate of drug-likeness (QED) is 0.837. The van der Waals surface area contributed by atoms with E-state index in [2.05, 4.69) is 24.0 Å². The van der Waals surface area contributed by atoms with Crippen LogP contribution in [0.25, 0.3) is 0 Å². The molecule has 2 N–H and O–H groups in total. The third kappa shape index (κ3) is 3.15. The van der Waals surface area contributed by atoms with Gasteiger partial charge in [-0.15, -0.1) is 0 Å². The number of hydrogen-bond donors (Lipinski definition) is 1. The van der Waals surface area contributed by atoms with Gasteiger partial charge in [0.25, 0.3) is 5.22 Å². The van der Waals surface area contributed by atoms with Gasteiger partial charge < -0.3 is 10.2 Å². The van der Waals surface area contributed by atoms with Gasteiger partial charge in [0.15, 0.2) is 0 Å². The van der Waals surface area contributed by atoms with Crippen LogP contribution in [0, 0.1) is 6.92 Å². The van der Waals surface area contributed by atoms with Crippen LogP contribution in [0.5, 0.6) is 0 Å². The van der Waals surface area contributed by atoms with Gasteiger partial charge in [-0.05, 0) is 18.9 Å². The number of thioether (sulfide) groups is 1. The van der Waals surface area contributed by atoms with Crippen molar-refractivity contribution >= 4 is 11.8 Å². The maximum atomic E-state index is 6.31. The Morgan fingerprint density at radius 3 is 2.61 bits per heavy atom. The van der Waals surface area contributed by atoms with Crippen molar-refractivity contribution in [2.24, 2.45) is 5.73 Å². The molecule has 0 fully saturated rings. The fourth-order valence-electron chi connectivity index (χ4n) is 1.82. The number of aromatic nitrogens is 1. The molecule has 0 aliphatic rings. The van der Waals surface area contributed by atoms with Crippen LogP contribution in [-0.2, 0) is 0 Å². The number of aryl methyl sites for hydroxylation is 1. The molecule has 0 aliphatic heterocycles. The molecule has 1 aromatic heterocycles. The Labute approximate surface area is 112 Å². The number of benzene rings is 1. The maximum absolute atomic E-state index is 6.31. The largest absolute Gasteiger partial charge is 0.440 e. The summed E-state index contributed by atoms with van der Waals surface area (Å²) in [5.41, 5.74) is 8.37. The van der Waals surface area contributed by atoms with E-state index in [1.54, 1.807) is 18.0 Å². The van der Waals surface area contributed by atoms with Crippen molar-refractivity contribution < 1.29 is 4.42 Å². The van der Waals surface area contributed by atoms with Crippen molar-refractivity contribution in [1.29, 1.82) is 0 Å². The van der Waals surface area contributed by atoms with Gasteiger partial charge in [0.2, 0.25) is 0 Å². The van der Waals surface area contributed by atoms with Crippen molar-refractivity contribution in [2.75, 3.05) is 0 Å². The lowest BCUT2D eigenvalue weighted by molar-refractivity contribution is 0.451. The average Bonchev–Trinajstić information content (AvgIpc) is 2.82. The highest BCUT2D eigenvalue weighted by molar-refractivity contribution is 7.99. The Morgan fingerprint density at radius 2 is 2.06 bits per heavy atom. The topological polar surface area (TPSA) is 52.0 Å². The minimum Gasteiger partial charge on any atom is -0.440 e. The zero-order chi connectivity index (χ0) is 13.0. The molecule has 0 amide bonds. The van der Waals surface area contributed by atoms with Gasteiger partial charge in [-0.2, -0.15) is 0 Å². The van der Waals surface area contributed by atoms with Gasteiger partial charge in [-0.3, -0.25) is 0 Å². The first-order valence-electron chi connectivity index (χ1n) is 6.10. The van der Waals surface area contributed by atoms with E-state index in [0.29, 0.717) is 5.22 Å². The van der Waals surface area contributed by atoms with Crippen LogP contribution >= 0.6 is 11.8 Å². The summed E-state index contributed by atoms with van der Waals surface area (Å²) in [4.78, 5) is 4.32. The number of rotatable bonds is 5. The Bertz CT molecular complexity index is 484. The van der Waals surface area contributed by atoms with Crippen LogP contribution in [-0.4, -0.2) is 10.2 Å². The summed E-state index contributed by atoms with van der Waals surface area (Å²) in [6.07, 6.45) is 2.64. The molecular weight excluding hydrogens is 244 g/mol. The third-order valence-corrected chi connectivity index (χ3v) is 4.16. The zero-order valence-corrected chi connectivity index (χ0v) is 11.5. The molecule has 2 unspecified atom stereocenters. The van der Waals surface area contributed by atoms with Crippen LogP contribution in [0.15, 0.2) is 46.2 Å². The van der Waals surface area contributed by atoms with Crippen LogP contribution in [0.1, 0.15) is 30.6 Å². The van der Waals surface area contributed by atoms with E-state index < -0.39 is 0 Å². The highest BCUT2D eigenvalue weighted by Crippen LogP contribution is 2.32. The average molecular weight is 262 g/mol. The van der Waals surface area contributed by atoms with E-state index >= 15 is 0 Å². The molecule has 1 heterocycles. The number of nitrogens with zero attached hydrogens (tertiary/aromatic N) is 1. The van der Waals surface area contributed by atoms with E-state index in [-0.39, 0.29) is 11.3 Å². The maximum Gasteiger partial charge on any atom is 0.256 e. The van der Waals surface area contributed by atoms with Crippen LogP contribution in [0.2, 0.25) is 0 Å². The first-order chi connectivity index (χ1) is 8.70. The molecule has 4 heteroatoms. The Balaban J connectivity index is 2.09. The van der Waals surface area contributed by atoms with Crippen LogP contribution < -0.4 is 5.73 Å². The predicted octanol–water partition coefficient (Wildman–Crippen LogP) is 3.55. The number of nitrogens with two attached hydrogens (primary N) is 1. The molecule has 2 aromatic rings. The normalized spacial score (nSPS) is 14.4. The highest BCUT2D eigenvalue weighted by atomic mass is 32.2. The number of hydrogen-bond acceptors (Lipinski definition) is 4. The molecule has 2 rings (SSSR count). The van der Waals surface area contributed by atoms with Crippen molar-refractivity contribution in [2.45, 2.75) is 36.8 Å². The molecule has 0 saturated heterocycles. The molecule has 1 aromatic carbocycles. The molecule has 3 nitrogen and oxygen atoms in total. The molecule has 96 valence electrons. The van der Waals surface area contributed by atoms with Crippen LogP contribution in [0.3, 0.4) is 0 Å². The minimum absolute atomic E-state index is 0.00611. The number of oxazole rings is 1. The summed E-state index contributed by atoms with van der Waals surface area (Å²) in [6.45, 7) is 4.06. The monoisotopic (exact) mass is 262 g/mol. The Hall–Kier alpha value is -1.26. The fourth-order valence-corrected chi connectivity index (χ4v) is 2.85. The van der Waals surface area contributed by atoms with Gasteiger partial charge >= 0.3 is 0 Å². The molecule has 0 radical (unpaired) electrons. The van der Waals surface area contributed by atoms with Crippen LogP contribution in [0.4, 0.5) is 0 Å². The van der Waals surface area contributed by atoms with Gasteiger partial charge in [0, 0.05) is 11.3 Å². The molecule has 0 aliphatic carbocycles. The lowest BCUT2D eigenvalue weighted by Gasteiger charge is -2.20. The molecular formula is C14H18N2OS. The lowest BCUT2D eigenvalue weighted by Crippen LogP contribution is -2.23. The first kappa shape index (κ1) is 13.2. The molecule has 0 saturated carbocycles. The van der Waals surface area contributed by atoms with E-state index in [4.69, 9.17) is 10.2 Å². The second-order valence-corrected chi connectivity index (χ2v) is 5.45. The van der Waals surface area contributed by atoms with Crippen molar-refractivity contribution in [3.8, 4) is 0 Å². The Kier molecular flexibility index (Phi) is 4.44. The van der Waals surface area contributed by atoms with Gasteiger partial charge in [0.05, 0.1) is 5.69 Å². The van der Waals surface area contributed by atoms with Gasteiger partial charge in [0.1, 0.15) is 6.26 Å². The SMILES string of the molecule is CCC(Sc1nc(C)co1)C(N)c1ccccc1. The van der Waals surface area contributed by atoms with E-state index in [0.717, 1.165) is 17.7 Å². The minimum atomic E-state index is -0.00611. The van der Waals surface area contributed by atoms with Gasteiger partial charge in [-0.1, -0.05) is 49.0 Å². The zero-order valence-electron chi connectivity index (χ0n) is 10.7. The standard InChI is InChI=1S/C14H18N2OS/c1-3-12(18-14-16-10(2)9-17-14)13(15)11-7-5-4-6-8-11/h4-9,12-13H,3,15H2,1-2H3. The molecule has 2 atom stereocenters. The summed E-state index contributed by atoms with van der Waals surface area (Å²) in [7, 11) is 0. The lowest BCUT2D eigenvalue weighted by atomic mass is 10.0. The second kappa shape index (κ2) is 6.07. The summed E-state index contributed by atoms with van der Waals surface area (Å²) >= 11 is 1.61. The van der Waals surface area contributed by atoms with E-state index in [1.807, 2.05) is 25.1 Å².